The van der Waals surface area contributed by atoms with Crippen LogP contribution in [0.3, 0.4) is 0 Å². The molecular formula is C10H15N3O4S. The van der Waals surface area contributed by atoms with Crippen LogP contribution in [0.5, 0.6) is 0 Å². The van der Waals surface area contributed by atoms with E-state index in [0.717, 1.165) is 17.8 Å². The molecule has 7 nitrogen and oxygen atoms in total. The minimum atomic E-state index is -0.787. The molecule has 0 saturated heterocycles. The van der Waals surface area contributed by atoms with Gasteiger partial charge in [0.25, 0.3) is 0 Å². The molecule has 100 valence electrons. The van der Waals surface area contributed by atoms with Crippen molar-refractivity contribution in [3.05, 3.63) is 16.3 Å². The zero-order valence-electron chi connectivity index (χ0n) is 9.96. The van der Waals surface area contributed by atoms with Crippen molar-refractivity contribution < 1.29 is 14.8 Å². The van der Waals surface area contributed by atoms with Gasteiger partial charge in [-0.3, -0.25) is 14.9 Å². The topological polar surface area (TPSA) is 105 Å². The predicted molar refractivity (Wildman–Crippen MR) is 67.9 cm³/mol. The van der Waals surface area contributed by atoms with Crippen molar-refractivity contribution in [2.24, 2.45) is 5.92 Å². The van der Waals surface area contributed by atoms with Crippen LogP contribution < -0.4 is 5.32 Å². The van der Waals surface area contributed by atoms with E-state index in [9.17, 15) is 14.9 Å². The van der Waals surface area contributed by atoms with Gasteiger partial charge in [-0.2, -0.15) is 0 Å². The number of nitrogens with one attached hydrogen (secondary N) is 1. The first kappa shape index (κ1) is 14.4. The first-order valence-corrected chi connectivity index (χ1v) is 6.36. The van der Waals surface area contributed by atoms with Gasteiger partial charge in [-0.1, -0.05) is 6.92 Å². The molecule has 0 bridgehead atoms. The zero-order chi connectivity index (χ0) is 13.5. The molecule has 0 amide bonds. The summed E-state index contributed by atoms with van der Waals surface area (Å²) in [4.78, 5) is 24.2. The molecule has 0 spiro atoms. The van der Waals surface area contributed by atoms with Gasteiger partial charge in [-0.15, -0.1) is 0 Å². The second-order valence-corrected chi connectivity index (χ2v) is 5.02. The van der Waals surface area contributed by atoms with E-state index in [1.54, 1.807) is 0 Å². The summed E-state index contributed by atoms with van der Waals surface area (Å²) in [6, 6.07) is 0. The van der Waals surface area contributed by atoms with Gasteiger partial charge >= 0.3 is 11.0 Å². The normalized spacial score (nSPS) is 12.1. The molecule has 1 unspecified atom stereocenters. The van der Waals surface area contributed by atoms with E-state index >= 15 is 0 Å². The monoisotopic (exact) mass is 273 g/mol. The quantitative estimate of drug-likeness (QED) is 0.556. The maximum absolute atomic E-state index is 10.4. The second kappa shape index (κ2) is 6.90. The Kier molecular flexibility index (Phi) is 5.50. The van der Waals surface area contributed by atoms with Crippen LogP contribution in [0.15, 0.2) is 6.20 Å². The van der Waals surface area contributed by atoms with Gasteiger partial charge in [0, 0.05) is 13.0 Å². The minimum absolute atomic E-state index is 0.0106. The lowest BCUT2D eigenvalue weighted by atomic mass is 10.0. The Morgan fingerprint density at radius 1 is 1.67 bits per heavy atom. The third-order valence-corrected chi connectivity index (χ3v) is 3.34. The molecule has 1 aromatic rings. The van der Waals surface area contributed by atoms with Gasteiger partial charge in [0.05, 0.1) is 4.92 Å². The number of aromatic nitrogens is 1. The lowest BCUT2D eigenvalue weighted by molar-refractivity contribution is -0.380. The number of hydrogen-bond acceptors (Lipinski definition) is 6. The number of rotatable bonds is 8. The first-order chi connectivity index (χ1) is 8.49. The molecule has 8 heteroatoms. The largest absolute Gasteiger partial charge is 0.481 e. The highest BCUT2D eigenvalue weighted by Crippen LogP contribution is 2.25. The lowest BCUT2D eigenvalue weighted by Crippen LogP contribution is -2.08. The number of anilines is 1. The molecular weight excluding hydrogens is 258 g/mol. The number of carbonyl (C=O) groups is 1. The average molecular weight is 273 g/mol. The van der Waals surface area contributed by atoms with Crippen LogP contribution in [0.1, 0.15) is 26.2 Å². The Bertz CT molecular complexity index is 421. The molecule has 2 N–H and O–H groups in total. The molecule has 0 aromatic carbocycles. The maximum atomic E-state index is 10.4. The number of hydrogen-bond donors (Lipinski definition) is 2. The highest BCUT2D eigenvalue weighted by atomic mass is 32.1. The Morgan fingerprint density at radius 2 is 2.39 bits per heavy atom. The van der Waals surface area contributed by atoms with Gasteiger partial charge in [-0.05, 0) is 30.1 Å². The highest BCUT2D eigenvalue weighted by Gasteiger charge is 2.11. The SMILES string of the molecule is CC(CCNc1ncc([N+](=O)[O-])s1)CCC(=O)O. The van der Waals surface area contributed by atoms with Crippen molar-refractivity contribution in [1.29, 1.82) is 0 Å². The molecule has 0 fully saturated rings. The standard InChI is InChI=1S/C10H15N3O4S/c1-7(2-3-9(14)15)4-5-11-10-12-6-8(18-10)13(16)17/h6-7H,2-5H2,1H3,(H,11,12)(H,14,15). The smallest absolute Gasteiger partial charge is 0.345 e. The number of nitrogens with zero attached hydrogens (tertiary/aromatic N) is 2. The van der Waals surface area contributed by atoms with E-state index in [2.05, 4.69) is 10.3 Å². The first-order valence-electron chi connectivity index (χ1n) is 5.55. The van der Waals surface area contributed by atoms with Crippen molar-refractivity contribution in [3.8, 4) is 0 Å². The molecule has 0 saturated carbocycles. The van der Waals surface area contributed by atoms with Crippen LogP contribution in [-0.2, 0) is 4.79 Å². The summed E-state index contributed by atoms with van der Waals surface area (Å²) in [5.74, 6) is -0.492. The Morgan fingerprint density at radius 3 is 2.94 bits per heavy atom. The summed E-state index contributed by atoms with van der Waals surface area (Å²) in [5.41, 5.74) is 0. The van der Waals surface area contributed by atoms with Crippen molar-refractivity contribution in [2.75, 3.05) is 11.9 Å². The maximum Gasteiger partial charge on any atom is 0.345 e. The summed E-state index contributed by atoms with van der Waals surface area (Å²) < 4.78 is 0. The van der Waals surface area contributed by atoms with Gasteiger partial charge < -0.3 is 10.4 Å². The van der Waals surface area contributed by atoms with Crippen LogP contribution in [0.4, 0.5) is 10.1 Å². The minimum Gasteiger partial charge on any atom is -0.481 e. The van der Waals surface area contributed by atoms with Crippen LogP contribution in [0, 0.1) is 16.0 Å². The third-order valence-electron chi connectivity index (χ3n) is 2.44. The number of carboxylic acid groups (broad SMARTS) is 1. The van der Waals surface area contributed by atoms with E-state index in [0.29, 0.717) is 24.0 Å². The fourth-order valence-corrected chi connectivity index (χ4v) is 2.03. The van der Waals surface area contributed by atoms with Gasteiger partial charge in [0.1, 0.15) is 6.20 Å². The third kappa shape index (κ3) is 5.09. The van der Waals surface area contributed by atoms with Crippen molar-refractivity contribution in [1.82, 2.24) is 4.98 Å². The zero-order valence-corrected chi connectivity index (χ0v) is 10.8. The molecule has 0 aliphatic carbocycles. The molecule has 0 radical (unpaired) electrons. The van der Waals surface area contributed by atoms with Gasteiger partial charge in [0.15, 0.2) is 5.13 Å². The van der Waals surface area contributed by atoms with Crippen molar-refractivity contribution >= 4 is 27.4 Å². The predicted octanol–water partition coefficient (Wildman–Crippen LogP) is 2.35. The van der Waals surface area contributed by atoms with Crippen LogP contribution in [-0.4, -0.2) is 27.5 Å². The summed E-state index contributed by atoms with van der Waals surface area (Å²) in [6.45, 7) is 2.61. The van der Waals surface area contributed by atoms with Crippen LogP contribution >= 0.6 is 11.3 Å². The van der Waals surface area contributed by atoms with Gasteiger partial charge in [0.2, 0.25) is 0 Å². The number of carboxylic acids is 1. The van der Waals surface area contributed by atoms with Gasteiger partial charge in [-0.25, -0.2) is 4.98 Å². The summed E-state index contributed by atoms with van der Waals surface area (Å²) in [5, 5.41) is 22.5. The van der Waals surface area contributed by atoms with Crippen LogP contribution in [0.25, 0.3) is 0 Å². The fourth-order valence-electron chi connectivity index (χ4n) is 1.37. The molecule has 1 rings (SSSR count). The molecule has 0 aliphatic heterocycles. The van der Waals surface area contributed by atoms with E-state index < -0.39 is 10.9 Å². The Labute approximate surface area is 108 Å². The van der Waals surface area contributed by atoms with Crippen molar-refractivity contribution in [2.45, 2.75) is 26.2 Å². The summed E-state index contributed by atoms with van der Waals surface area (Å²) in [7, 11) is 0. The van der Waals surface area contributed by atoms with E-state index in [4.69, 9.17) is 5.11 Å². The number of aliphatic carboxylic acids is 1. The van der Waals surface area contributed by atoms with Crippen molar-refractivity contribution in [3.63, 3.8) is 0 Å². The summed E-state index contributed by atoms with van der Waals surface area (Å²) in [6.07, 6.45) is 2.83. The molecule has 1 heterocycles. The van der Waals surface area contributed by atoms with E-state index in [-0.39, 0.29) is 11.4 Å². The average Bonchev–Trinajstić information content (AvgIpc) is 2.75. The number of nitro groups is 1. The lowest BCUT2D eigenvalue weighted by Gasteiger charge is -2.09. The van der Waals surface area contributed by atoms with E-state index in [1.807, 2.05) is 6.92 Å². The fraction of sp³-hybridized carbons (Fsp3) is 0.600. The molecule has 1 aromatic heterocycles. The summed E-state index contributed by atoms with van der Waals surface area (Å²) >= 11 is 0.995. The van der Waals surface area contributed by atoms with E-state index in [1.165, 1.54) is 6.20 Å². The molecule has 1 atom stereocenters. The second-order valence-electron chi connectivity index (χ2n) is 4.01. The van der Waals surface area contributed by atoms with Crippen LogP contribution in [0.2, 0.25) is 0 Å². The number of thiazole rings is 1. The Hall–Kier alpha value is -1.70. The molecule has 0 aliphatic rings. The molecule has 18 heavy (non-hydrogen) atoms. The highest BCUT2D eigenvalue weighted by molar-refractivity contribution is 7.18. The Balaban J connectivity index is 2.24.